The molecule has 108 valence electrons. The van der Waals surface area contributed by atoms with Gasteiger partial charge in [0.2, 0.25) is 0 Å². The van der Waals surface area contributed by atoms with Crippen LogP contribution in [0.5, 0.6) is 0 Å². The van der Waals surface area contributed by atoms with Gasteiger partial charge < -0.3 is 10.1 Å². The van der Waals surface area contributed by atoms with Crippen LogP contribution in [0.3, 0.4) is 0 Å². The second-order valence-electron chi connectivity index (χ2n) is 5.21. The molecule has 0 aliphatic carbocycles. The zero-order chi connectivity index (χ0) is 13.8. The van der Waals surface area contributed by atoms with E-state index < -0.39 is 0 Å². The van der Waals surface area contributed by atoms with Gasteiger partial charge >= 0.3 is 0 Å². The molecule has 0 spiro atoms. The maximum absolute atomic E-state index is 5.46. The fraction of sp³-hybridized carbons (Fsp3) is 0.786. The van der Waals surface area contributed by atoms with Gasteiger partial charge in [0.05, 0.1) is 15.9 Å². The maximum Gasteiger partial charge on any atom is 0.0738 e. The van der Waals surface area contributed by atoms with Crippen molar-refractivity contribution in [3.05, 3.63) is 15.9 Å². The molecule has 19 heavy (non-hydrogen) atoms. The Hall–Kier alpha value is -0.390. The third-order valence-electron chi connectivity index (χ3n) is 4.07. The highest BCUT2D eigenvalue weighted by Gasteiger charge is 2.25. The number of halogens is 1. The summed E-state index contributed by atoms with van der Waals surface area (Å²) >= 11 is 3.69. The van der Waals surface area contributed by atoms with Crippen molar-refractivity contribution in [3.63, 3.8) is 0 Å². The standard InChI is InChI=1S/C14H24BrN3O/c1-4-18-13(14(15)10(2)17-18)9-12(16-3)11-5-7-19-8-6-11/h11-12,16H,4-9H2,1-3H3. The number of hydrogen-bond donors (Lipinski definition) is 1. The molecule has 1 aliphatic rings. The minimum absolute atomic E-state index is 0.501. The molecule has 2 heterocycles. The van der Waals surface area contributed by atoms with Crippen LogP contribution in [0.2, 0.25) is 0 Å². The zero-order valence-corrected chi connectivity index (χ0v) is 13.7. The Kier molecular flexibility index (Phi) is 5.42. The summed E-state index contributed by atoms with van der Waals surface area (Å²) in [5.74, 6) is 0.700. The second kappa shape index (κ2) is 6.86. The van der Waals surface area contributed by atoms with Gasteiger partial charge in [0.15, 0.2) is 0 Å². The van der Waals surface area contributed by atoms with Gasteiger partial charge in [-0.1, -0.05) is 0 Å². The summed E-state index contributed by atoms with van der Waals surface area (Å²) in [6.45, 7) is 6.92. The highest BCUT2D eigenvalue weighted by molar-refractivity contribution is 9.10. The molecule has 4 nitrogen and oxygen atoms in total. The largest absolute Gasteiger partial charge is 0.381 e. The van der Waals surface area contributed by atoms with Crippen LogP contribution in [-0.4, -0.2) is 36.1 Å². The van der Waals surface area contributed by atoms with Gasteiger partial charge in [0.1, 0.15) is 0 Å². The highest BCUT2D eigenvalue weighted by Crippen LogP contribution is 2.26. The smallest absolute Gasteiger partial charge is 0.0738 e. The lowest BCUT2D eigenvalue weighted by molar-refractivity contribution is 0.0545. The Morgan fingerprint density at radius 1 is 1.47 bits per heavy atom. The molecule has 1 aromatic heterocycles. The van der Waals surface area contributed by atoms with E-state index >= 15 is 0 Å². The lowest BCUT2D eigenvalue weighted by Crippen LogP contribution is -2.39. The Bertz CT molecular complexity index is 413. The topological polar surface area (TPSA) is 39.1 Å². The number of aromatic nitrogens is 2. The summed E-state index contributed by atoms with van der Waals surface area (Å²) in [7, 11) is 2.06. The molecule has 0 aromatic carbocycles. The summed E-state index contributed by atoms with van der Waals surface area (Å²) in [6, 6.07) is 0.501. The number of aryl methyl sites for hydroxylation is 2. The number of likely N-dealkylation sites (N-methyl/N-ethyl adjacent to an activating group) is 1. The molecule has 0 bridgehead atoms. The minimum atomic E-state index is 0.501. The van der Waals surface area contributed by atoms with Crippen molar-refractivity contribution >= 4 is 15.9 Å². The monoisotopic (exact) mass is 329 g/mol. The van der Waals surface area contributed by atoms with Crippen molar-refractivity contribution in [2.45, 2.75) is 45.7 Å². The van der Waals surface area contributed by atoms with Gasteiger partial charge in [-0.3, -0.25) is 4.68 Å². The lowest BCUT2D eigenvalue weighted by atomic mass is 9.89. The van der Waals surface area contributed by atoms with Crippen LogP contribution in [0.25, 0.3) is 0 Å². The van der Waals surface area contributed by atoms with Crippen LogP contribution in [0.15, 0.2) is 4.47 Å². The van der Waals surface area contributed by atoms with E-state index in [0.29, 0.717) is 12.0 Å². The van der Waals surface area contributed by atoms with Crippen molar-refractivity contribution in [2.24, 2.45) is 5.92 Å². The van der Waals surface area contributed by atoms with E-state index in [1.54, 1.807) is 0 Å². The highest BCUT2D eigenvalue weighted by atomic mass is 79.9. The summed E-state index contributed by atoms with van der Waals surface area (Å²) in [6.07, 6.45) is 3.33. The minimum Gasteiger partial charge on any atom is -0.381 e. The molecule has 2 rings (SSSR count). The van der Waals surface area contributed by atoms with Gasteiger partial charge in [-0.25, -0.2) is 0 Å². The van der Waals surface area contributed by atoms with E-state index in [4.69, 9.17) is 4.74 Å². The van der Waals surface area contributed by atoms with Crippen LogP contribution < -0.4 is 5.32 Å². The van der Waals surface area contributed by atoms with E-state index in [0.717, 1.165) is 44.7 Å². The third-order valence-corrected chi connectivity index (χ3v) is 5.10. The first-order chi connectivity index (χ1) is 9.17. The molecule has 1 N–H and O–H groups in total. The Morgan fingerprint density at radius 2 is 2.16 bits per heavy atom. The van der Waals surface area contributed by atoms with Crippen molar-refractivity contribution in [3.8, 4) is 0 Å². The van der Waals surface area contributed by atoms with Gasteiger partial charge in [-0.15, -0.1) is 0 Å². The van der Waals surface area contributed by atoms with E-state index in [1.165, 1.54) is 10.2 Å². The first kappa shape index (κ1) is 15.0. The molecule has 1 aromatic rings. The summed E-state index contributed by atoms with van der Waals surface area (Å²) in [5, 5.41) is 8.07. The fourth-order valence-corrected chi connectivity index (χ4v) is 3.34. The van der Waals surface area contributed by atoms with E-state index in [9.17, 15) is 0 Å². The molecule has 0 saturated carbocycles. The van der Waals surface area contributed by atoms with Crippen molar-refractivity contribution in [2.75, 3.05) is 20.3 Å². The molecule has 1 saturated heterocycles. The first-order valence-corrected chi connectivity index (χ1v) is 7.93. The van der Waals surface area contributed by atoms with Crippen LogP contribution in [0, 0.1) is 12.8 Å². The molecule has 1 fully saturated rings. The first-order valence-electron chi connectivity index (χ1n) is 7.14. The summed E-state index contributed by atoms with van der Waals surface area (Å²) < 4.78 is 8.75. The predicted molar refractivity (Wildman–Crippen MR) is 80.4 cm³/mol. The quantitative estimate of drug-likeness (QED) is 0.902. The maximum atomic E-state index is 5.46. The number of hydrogen-bond acceptors (Lipinski definition) is 3. The normalized spacial score (nSPS) is 18.7. The van der Waals surface area contributed by atoms with Crippen molar-refractivity contribution < 1.29 is 4.74 Å². The van der Waals surface area contributed by atoms with Gasteiger partial charge in [0.25, 0.3) is 0 Å². The second-order valence-corrected chi connectivity index (χ2v) is 6.00. The molecular formula is C14H24BrN3O. The molecular weight excluding hydrogens is 306 g/mol. The molecule has 0 radical (unpaired) electrons. The third kappa shape index (κ3) is 3.38. The molecule has 0 amide bonds. The number of rotatable bonds is 5. The van der Waals surface area contributed by atoms with E-state index in [1.807, 2.05) is 0 Å². The predicted octanol–water partition coefficient (Wildman–Crippen LogP) is 2.53. The Morgan fingerprint density at radius 3 is 2.74 bits per heavy atom. The van der Waals surface area contributed by atoms with Crippen molar-refractivity contribution in [1.29, 1.82) is 0 Å². The van der Waals surface area contributed by atoms with Gasteiger partial charge in [-0.05, 0) is 55.6 Å². The SMILES string of the molecule is CCn1nc(C)c(Br)c1CC(NC)C1CCOCC1. The Labute approximate surface area is 124 Å². The number of ether oxygens (including phenoxy) is 1. The van der Waals surface area contributed by atoms with Gasteiger partial charge in [-0.2, -0.15) is 5.10 Å². The van der Waals surface area contributed by atoms with Gasteiger partial charge in [0, 0.05) is 32.2 Å². The lowest BCUT2D eigenvalue weighted by Gasteiger charge is -2.30. The molecule has 5 heteroatoms. The van der Waals surface area contributed by atoms with Crippen LogP contribution in [0.1, 0.15) is 31.2 Å². The average Bonchev–Trinajstić information content (AvgIpc) is 2.72. The molecule has 1 atom stereocenters. The summed E-state index contributed by atoms with van der Waals surface area (Å²) in [5.41, 5.74) is 2.39. The van der Waals surface area contributed by atoms with E-state index in [-0.39, 0.29) is 0 Å². The van der Waals surface area contributed by atoms with Crippen LogP contribution >= 0.6 is 15.9 Å². The summed E-state index contributed by atoms with van der Waals surface area (Å²) in [4.78, 5) is 0. The van der Waals surface area contributed by atoms with Crippen LogP contribution in [0.4, 0.5) is 0 Å². The fourth-order valence-electron chi connectivity index (χ4n) is 2.89. The average molecular weight is 330 g/mol. The number of nitrogens with one attached hydrogen (secondary N) is 1. The Balaban J connectivity index is 2.13. The van der Waals surface area contributed by atoms with Crippen molar-refractivity contribution in [1.82, 2.24) is 15.1 Å². The molecule has 1 unspecified atom stereocenters. The number of nitrogens with zero attached hydrogens (tertiary/aromatic N) is 2. The molecule has 1 aliphatic heterocycles. The zero-order valence-electron chi connectivity index (χ0n) is 12.1. The van der Waals surface area contributed by atoms with E-state index in [2.05, 4.69) is 51.9 Å². The van der Waals surface area contributed by atoms with Crippen LogP contribution in [-0.2, 0) is 17.7 Å².